The average molecular weight is 410 g/mol. The molecule has 3 N–H and O–H groups in total. The normalized spacial score (nSPS) is 19.5. The lowest BCUT2D eigenvalue weighted by Crippen LogP contribution is -2.33. The predicted octanol–water partition coefficient (Wildman–Crippen LogP) is 3.36. The van der Waals surface area contributed by atoms with Crippen LogP contribution in [0.15, 0.2) is 29.2 Å². The van der Waals surface area contributed by atoms with Crippen molar-refractivity contribution >= 4 is 22.8 Å². The van der Waals surface area contributed by atoms with Crippen molar-refractivity contribution in [2.24, 2.45) is 5.73 Å². The summed E-state index contributed by atoms with van der Waals surface area (Å²) < 4.78 is 1.52. The highest BCUT2D eigenvalue weighted by Crippen LogP contribution is 2.44. The Morgan fingerprint density at radius 3 is 2.72 bits per heavy atom. The lowest BCUT2D eigenvalue weighted by Gasteiger charge is -2.27. The van der Waals surface area contributed by atoms with Crippen molar-refractivity contribution in [1.29, 1.82) is 0 Å². The summed E-state index contributed by atoms with van der Waals surface area (Å²) in [6.07, 6.45) is 3.79. The number of rotatable bonds is 3. The van der Waals surface area contributed by atoms with Crippen LogP contribution in [0.1, 0.15) is 56.7 Å². The zero-order chi connectivity index (χ0) is 20.4. The quantitative estimate of drug-likeness (QED) is 0.693. The van der Waals surface area contributed by atoms with Gasteiger partial charge in [0.25, 0.3) is 5.56 Å². The van der Waals surface area contributed by atoms with Crippen molar-refractivity contribution in [3.63, 3.8) is 0 Å². The Kier molecular flexibility index (Phi) is 4.17. The third-order valence-corrected chi connectivity index (χ3v) is 7.26. The first-order valence-corrected chi connectivity index (χ1v) is 10.7. The van der Waals surface area contributed by atoms with Crippen LogP contribution in [0.2, 0.25) is 0 Å². The second kappa shape index (κ2) is 6.52. The van der Waals surface area contributed by atoms with Gasteiger partial charge in [-0.05, 0) is 73.2 Å². The molecule has 0 saturated heterocycles. The number of thiophene rings is 1. The number of nitrogens with zero attached hydrogens (tertiary/aromatic N) is 2. The SMILES string of the molecule is Cc1c(-c2cc3c(s2)CN(C)CC3N)ccn2c(=O)c(C(=O)O)cc(C3CC3)c12. The maximum absolute atomic E-state index is 12.8. The number of aromatic nitrogens is 1. The minimum absolute atomic E-state index is 0.0114. The minimum atomic E-state index is -1.17. The number of pyridine rings is 2. The summed E-state index contributed by atoms with van der Waals surface area (Å²) in [7, 11) is 2.08. The fourth-order valence-corrected chi connectivity index (χ4v) is 5.88. The monoisotopic (exact) mass is 409 g/mol. The Morgan fingerprint density at radius 2 is 2.03 bits per heavy atom. The van der Waals surface area contributed by atoms with Gasteiger partial charge in [0.05, 0.1) is 5.52 Å². The van der Waals surface area contributed by atoms with Crippen LogP contribution in [0.3, 0.4) is 0 Å². The van der Waals surface area contributed by atoms with Crippen LogP contribution in [0.5, 0.6) is 0 Å². The number of carboxylic acid groups (broad SMARTS) is 1. The number of carboxylic acids is 1. The molecule has 0 aromatic carbocycles. The molecule has 0 spiro atoms. The van der Waals surface area contributed by atoms with E-state index in [-0.39, 0.29) is 11.6 Å². The highest BCUT2D eigenvalue weighted by atomic mass is 32.1. The number of hydrogen-bond donors (Lipinski definition) is 2. The molecule has 1 aliphatic carbocycles. The number of aryl methyl sites for hydroxylation is 1. The molecule has 150 valence electrons. The summed E-state index contributed by atoms with van der Waals surface area (Å²) in [6.45, 7) is 3.77. The number of carbonyl (C=O) groups is 1. The molecule has 29 heavy (non-hydrogen) atoms. The van der Waals surface area contributed by atoms with Gasteiger partial charge in [0.1, 0.15) is 5.56 Å². The third kappa shape index (κ3) is 2.92. The fourth-order valence-electron chi connectivity index (χ4n) is 4.48. The van der Waals surface area contributed by atoms with E-state index in [0.717, 1.165) is 53.0 Å². The summed E-state index contributed by atoms with van der Waals surface area (Å²) >= 11 is 1.76. The highest BCUT2D eigenvalue weighted by molar-refractivity contribution is 7.15. The van der Waals surface area contributed by atoms with Gasteiger partial charge >= 0.3 is 5.97 Å². The molecule has 7 heteroatoms. The molecule has 5 rings (SSSR count). The Morgan fingerprint density at radius 1 is 1.28 bits per heavy atom. The summed E-state index contributed by atoms with van der Waals surface area (Å²) in [6, 6.07) is 5.73. The van der Waals surface area contributed by atoms with Gasteiger partial charge in [0.2, 0.25) is 0 Å². The molecule has 1 saturated carbocycles. The Hall–Kier alpha value is -2.48. The molecule has 3 aromatic rings. The first-order chi connectivity index (χ1) is 13.8. The molecular weight excluding hydrogens is 386 g/mol. The van der Waals surface area contributed by atoms with Crippen molar-refractivity contribution in [2.45, 2.75) is 38.3 Å². The highest BCUT2D eigenvalue weighted by Gasteiger charge is 2.30. The number of aromatic carboxylic acids is 1. The van der Waals surface area contributed by atoms with Gasteiger partial charge in [0, 0.05) is 35.1 Å². The largest absolute Gasteiger partial charge is 0.477 e. The summed E-state index contributed by atoms with van der Waals surface area (Å²) in [5.41, 5.74) is 10.9. The maximum Gasteiger partial charge on any atom is 0.341 e. The van der Waals surface area contributed by atoms with E-state index in [1.54, 1.807) is 23.6 Å². The second-order valence-corrected chi connectivity index (χ2v) is 9.40. The number of hydrogen-bond acceptors (Lipinski definition) is 5. The lowest BCUT2D eigenvalue weighted by atomic mass is 9.98. The lowest BCUT2D eigenvalue weighted by molar-refractivity contribution is 0.0694. The van der Waals surface area contributed by atoms with Crippen LogP contribution < -0.4 is 11.3 Å². The van der Waals surface area contributed by atoms with Crippen LogP contribution in [0, 0.1) is 6.92 Å². The van der Waals surface area contributed by atoms with E-state index in [9.17, 15) is 14.7 Å². The van der Waals surface area contributed by atoms with E-state index in [1.165, 1.54) is 14.8 Å². The Bertz CT molecular complexity index is 1220. The van der Waals surface area contributed by atoms with Crippen molar-refractivity contribution in [1.82, 2.24) is 9.30 Å². The number of likely N-dealkylation sites (N-methyl/N-ethyl adjacent to an activating group) is 1. The molecular formula is C22H23N3O3S. The molecule has 1 aliphatic heterocycles. The smallest absolute Gasteiger partial charge is 0.341 e. The third-order valence-electron chi connectivity index (χ3n) is 6.09. The van der Waals surface area contributed by atoms with E-state index in [0.29, 0.717) is 5.92 Å². The topological polar surface area (TPSA) is 88.0 Å². The standard InChI is InChI=1S/C22H23N3O3S/c1-11-13(18-8-15-17(23)9-24(2)10-19(15)29-18)5-6-25-20(11)14(12-3-4-12)7-16(21(25)26)22(27)28/h5-8,12,17H,3-4,9-10,23H2,1-2H3,(H,27,28). The van der Waals surface area contributed by atoms with Gasteiger partial charge in [-0.25, -0.2) is 4.79 Å². The van der Waals surface area contributed by atoms with Crippen molar-refractivity contribution in [3.8, 4) is 10.4 Å². The summed E-state index contributed by atoms with van der Waals surface area (Å²) in [5.74, 6) is -0.840. The van der Waals surface area contributed by atoms with Crippen LogP contribution >= 0.6 is 11.3 Å². The second-order valence-electron chi connectivity index (χ2n) is 8.26. The maximum atomic E-state index is 12.8. The van der Waals surface area contributed by atoms with E-state index < -0.39 is 11.5 Å². The number of fused-ring (bicyclic) bond motifs is 2. The van der Waals surface area contributed by atoms with Crippen LogP contribution in [0.4, 0.5) is 0 Å². The molecule has 1 fully saturated rings. The Labute approximate surface area is 172 Å². The molecule has 6 nitrogen and oxygen atoms in total. The average Bonchev–Trinajstić information content (AvgIpc) is 3.41. The molecule has 4 heterocycles. The molecule has 0 amide bonds. The van der Waals surface area contributed by atoms with Gasteiger partial charge in [-0.2, -0.15) is 0 Å². The predicted molar refractivity (Wildman–Crippen MR) is 114 cm³/mol. The van der Waals surface area contributed by atoms with Crippen molar-refractivity contribution in [3.05, 3.63) is 61.9 Å². The fraction of sp³-hybridized carbons (Fsp3) is 0.364. The molecule has 1 unspecified atom stereocenters. The summed E-state index contributed by atoms with van der Waals surface area (Å²) in [4.78, 5) is 29.0. The van der Waals surface area contributed by atoms with Gasteiger partial charge < -0.3 is 10.8 Å². The number of nitrogens with two attached hydrogens (primary N) is 1. The first kappa shape index (κ1) is 18.5. The van der Waals surface area contributed by atoms with E-state index in [2.05, 4.69) is 18.0 Å². The van der Waals surface area contributed by atoms with Gasteiger partial charge in [-0.1, -0.05) is 0 Å². The minimum Gasteiger partial charge on any atom is -0.477 e. The van der Waals surface area contributed by atoms with Gasteiger partial charge in [-0.3, -0.25) is 14.1 Å². The van der Waals surface area contributed by atoms with Crippen molar-refractivity contribution < 1.29 is 9.90 Å². The first-order valence-electron chi connectivity index (χ1n) is 9.84. The zero-order valence-corrected chi connectivity index (χ0v) is 17.3. The molecule has 2 aliphatic rings. The van der Waals surface area contributed by atoms with E-state index in [1.807, 2.05) is 13.0 Å². The molecule has 0 radical (unpaired) electrons. The summed E-state index contributed by atoms with van der Waals surface area (Å²) in [5, 5.41) is 9.47. The molecule has 0 bridgehead atoms. The molecule has 3 aromatic heterocycles. The van der Waals surface area contributed by atoms with Crippen molar-refractivity contribution in [2.75, 3.05) is 13.6 Å². The molecule has 1 atom stereocenters. The van der Waals surface area contributed by atoms with E-state index in [4.69, 9.17) is 5.73 Å². The van der Waals surface area contributed by atoms with Gasteiger partial charge in [0.15, 0.2) is 0 Å². The van der Waals surface area contributed by atoms with Crippen LogP contribution in [-0.2, 0) is 6.54 Å². The zero-order valence-electron chi connectivity index (χ0n) is 16.4. The Balaban J connectivity index is 1.73. The van der Waals surface area contributed by atoms with E-state index >= 15 is 0 Å². The van der Waals surface area contributed by atoms with Gasteiger partial charge in [-0.15, -0.1) is 11.3 Å². The van der Waals surface area contributed by atoms with Crippen LogP contribution in [-0.4, -0.2) is 34.0 Å². The van der Waals surface area contributed by atoms with Crippen LogP contribution in [0.25, 0.3) is 16.0 Å².